The fourth-order valence-corrected chi connectivity index (χ4v) is 3.94. The van der Waals surface area contributed by atoms with E-state index in [1.54, 1.807) is 24.3 Å². The van der Waals surface area contributed by atoms with E-state index < -0.39 is 31.5 Å². The van der Waals surface area contributed by atoms with Crippen LogP contribution in [0.5, 0.6) is 17.2 Å². The van der Waals surface area contributed by atoms with Crippen LogP contribution in [-0.4, -0.2) is 39.2 Å². The third-order valence-electron chi connectivity index (χ3n) is 4.30. The highest BCUT2D eigenvalue weighted by atomic mass is 35.5. The number of hydrogen-bond donors (Lipinski definition) is 1. The van der Waals surface area contributed by atoms with E-state index in [-0.39, 0.29) is 18.1 Å². The van der Waals surface area contributed by atoms with Crippen LogP contribution in [0.15, 0.2) is 76.7 Å². The summed E-state index contributed by atoms with van der Waals surface area (Å²) in [4.78, 5) is 21.7. The van der Waals surface area contributed by atoms with E-state index in [9.17, 15) is 23.3 Å². The molecule has 0 heterocycles. The van der Waals surface area contributed by atoms with Gasteiger partial charge in [0.2, 0.25) is 0 Å². The molecule has 0 atom stereocenters. The van der Waals surface area contributed by atoms with Crippen molar-refractivity contribution in [2.45, 2.75) is 4.90 Å². The lowest BCUT2D eigenvalue weighted by Gasteiger charge is -2.11. The van der Waals surface area contributed by atoms with Crippen molar-refractivity contribution >= 4 is 39.5 Å². The standard InChI is InChI=1S/C22H18ClN3O8S/c1-32-19-11-6-15(13-24-25-22(27)14-33-17-9-7-16(23)8-10-17)12-20(19)34-35(30,31)21-5-3-2-4-18(21)26(28)29/h2-13H,14H2,1H3,(H,25,27)/b24-13-. The summed E-state index contributed by atoms with van der Waals surface area (Å²) in [5.41, 5.74) is 1.98. The normalized spacial score (nSPS) is 11.1. The summed E-state index contributed by atoms with van der Waals surface area (Å²) < 4.78 is 41.0. The monoisotopic (exact) mass is 519 g/mol. The summed E-state index contributed by atoms with van der Waals surface area (Å²) in [6, 6.07) is 15.5. The largest absolute Gasteiger partial charge is 0.493 e. The van der Waals surface area contributed by atoms with Crippen molar-refractivity contribution in [1.29, 1.82) is 0 Å². The second-order valence-electron chi connectivity index (χ2n) is 6.71. The molecule has 11 nitrogen and oxygen atoms in total. The number of nitro groups is 1. The molecule has 0 fully saturated rings. The molecule has 3 aromatic rings. The number of methoxy groups -OCH3 is 1. The molecule has 0 spiro atoms. The van der Waals surface area contributed by atoms with Crippen molar-refractivity contribution in [2.75, 3.05) is 13.7 Å². The highest BCUT2D eigenvalue weighted by Gasteiger charge is 2.28. The van der Waals surface area contributed by atoms with E-state index in [1.165, 1.54) is 43.7 Å². The highest BCUT2D eigenvalue weighted by Crippen LogP contribution is 2.32. The zero-order chi connectivity index (χ0) is 25.4. The van der Waals surface area contributed by atoms with Crippen LogP contribution in [0.1, 0.15) is 5.56 Å². The number of hydrazone groups is 1. The lowest BCUT2D eigenvalue weighted by Crippen LogP contribution is -2.24. The Bertz CT molecular complexity index is 1360. The van der Waals surface area contributed by atoms with Gasteiger partial charge in [-0.3, -0.25) is 14.9 Å². The van der Waals surface area contributed by atoms with Crippen molar-refractivity contribution in [3.8, 4) is 17.2 Å². The first-order valence-electron chi connectivity index (χ1n) is 9.76. The van der Waals surface area contributed by atoms with Gasteiger partial charge in [0.1, 0.15) is 5.75 Å². The first-order valence-corrected chi connectivity index (χ1v) is 11.5. The van der Waals surface area contributed by atoms with Gasteiger partial charge in [-0.25, -0.2) is 5.43 Å². The van der Waals surface area contributed by atoms with Gasteiger partial charge >= 0.3 is 10.1 Å². The summed E-state index contributed by atoms with van der Waals surface area (Å²) in [7, 11) is -3.27. The number of carbonyl (C=O) groups excluding carboxylic acids is 1. The Balaban J connectivity index is 1.70. The minimum Gasteiger partial charge on any atom is -0.493 e. The number of nitro benzene ring substituents is 1. The first kappa shape index (κ1) is 25.5. The van der Waals surface area contributed by atoms with E-state index >= 15 is 0 Å². The second kappa shape index (κ2) is 11.3. The average Bonchev–Trinajstić information content (AvgIpc) is 2.83. The maximum Gasteiger partial charge on any atom is 0.346 e. The molecule has 0 radical (unpaired) electrons. The predicted molar refractivity (Wildman–Crippen MR) is 127 cm³/mol. The van der Waals surface area contributed by atoms with E-state index in [1.807, 2.05) is 0 Å². The van der Waals surface area contributed by atoms with Crippen molar-refractivity contribution in [2.24, 2.45) is 5.10 Å². The second-order valence-corrected chi connectivity index (χ2v) is 8.66. The number of rotatable bonds is 10. The van der Waals surface area contributed by atoms with Crippen molar-refractivity contribution in [3.05, 3.63) is 87.4 Å². The number of nitrogens with zero attached hydrogens (tertiary/aromatic N) is 2. The number of benzene rings is 3. The van der Waals surface area contributed by atoms with E-state index in [0.29, 0.717) is 16.3 Å². The van der Waals surface area contributed by atoms with Crippen LogP contribution in [0.2, 0.25) is 5.02 Å². The van der Waals surface area contributed by atoms with E-state index in [4.69, 9.17) is 25.3 Å². The summed E-state index contributed by atoms with van der Waals surface area (Å²) in [5.74, 6) is -0.262. The summed E-state index contributed by atoms with van der Waals surface area (Å²) >= 11 is 5.79. The van der Waals surface area contributed by atoms with Gasteiger partial charge in [-0.05, 0) is 54.1 Å². The van der Waals surface area contributed by atoms with Gasteiger partial charge in [-0.15, -0.1) is 0 Å². The van der Waals surface area contributed by atoms with Crippen LogP contribution < -0.4 is 19.1 Å². The Hall–Kier alpha value is -4.16. The summed E-state index contributed by atoms with van der Waals surface area (Å²) in [6.45, 7) is -0.302. The van der Waals surface area contributed by atoms with Crippen LogP contribution in [-0.2, 0) is 14.9 Å². The number of nitrogens with one attached hydrogen (secondary N) is 1. The number of hydrogen-bond acceptors (Lipinski definition) is 9. The zero-order valence-electron chi connectivity index (χ0n) is 18.1. The number of ether oxygens (including phenoxy) is 2. The average molecular weight is 520 g/mol. The smallest absolute Gasteiger partial charge is 0.346 e. The van der Waals surface area contributed by atoms with Crippen LogP contribution in [0.3, 0.4) is 0 Å². The van der Waals surface area contributed by atoms with Crippen LogP contribution >= 0.6 is 11.6 Å². The van der Waals surface area contributed by atoms with Crippen LogP contribution in [0, 0.1) is 10.1 Å². The van der Waals surface area contributed by atoms with Gasteiger partial charge in [0.25, 0.3) is 11.6 Å². The molecule has 1 amide bonds. The lowest BCUT2D eigenvalue weighted by atomic mass is 10.2. The van der Waals surface area contributed by atoms with Gasteiger partial charge in [0.15, 0.2) is 23.0 Å². The minimum absolute atomic E-state index is 0.0599. The molecule has 13 heteroatoms. The van der Waals surface area contributed by atoms with Crippen LogP contribution in [0.4, 0.5) is 5.69 Å². The van der Waals surface area contributed by atoms with E-state index in [0.717, 1.165) is 12.1 Å². The molecular weight excluding hydrogens is 502 g/mol. The maximum atomic E-state index is 12.7. The number of carbonyl (C=O) groups is 1. The molecule has 0 aliphatic heterocycles. The van der Waals surface area contributed by atoms with Gasteiger partial charge in [0, 0.05) is 11.1 Å². The Morgan fingerprint density at radius 3 is 2.51 bits per heavy atom. The van der Waals surface area contributed by atoms with Gasteiger partial charge in [-0.2, -0.15) is 13.5 Å². The molecular formula is C22H18ClN3O8S. The predicted octanol–water partition coefficient (Wildman–Crippen LogP) is 3.55. The van der Waals surface area contributed by atoms with Crippen molar-refractivity contribution in [3.63, 3.8) is 0 Å². The summed E-state index contributed by atoms with van der Waals surface area (Å²) in [5, 5.41) is 15.5. The molecule has 0 unspecified atom stereocenters. The maximum absolute atomic E-state index is 12.7. The zero-order valence-corrected chi connectivity index (χ0v) is 19.7. The number of amides is 1. The van der Waals surface area contributed by atoms with Crippen molar-refractivity contribution in [1.82, 2.24) is 5.43 Å². The number of halogens is 1. The topological polar surface area (TPSA) is 146 Å². The van der Waals surface area contributed by atoms with Crippen LogP contribution in [0.25, 0.3) is 0 Å². The molecule has 0 aromatic heterocycles. The molecule has 0 bridgehead atoms. The lowest BCUT2D eigenvalue weighted by molar-refractivity contribution is -0.387. The highest BCUT2D eigenvalue weighted by molar-refractivity contribution is 7.87. The Labute approximate surface area is 205 Å². The molecule has 3 aromatic carbocycles. The Morgan fingerprint density at radius 2 is 1.83 bits per heavy atom. The minimum atomic E-state index is -4.57. The fraction of sp³-hybridized carbons (Fsp3) is 0.0909. The van der Waals surface area contributed by atoms with E-state index in [2.05, 4.69) is 10.5 Å². The van der Waals surface area contributed by atoms with Crippen molar-refractivity contribution < 1.29 is 31.8 Å². The molecule has 35 heavy (non-hydrogen) atoms. The third kappa shape index (κ3) is 6.91. The third-order valence-corrected chi connectivity index (χ3v) is 5.84. The molecule has 0 saturated heterocycles. The molecule has 0 aliphatic rings. The quantitative estimate of drug-likeness (QED) is 0.185. The Morgan fingerprint density at radius 1 is 1.11 bits per heavy atom. The molecule has 0 saturated carbocycles. The molecule has 1 N–H and O–H groups in total. The fourth-order valence-electron chi connectivity index (χ4n) is 2.71. The molecule has 3 rings (SSSR count). The first-order chi connectivity index (χ1) is 16.7. The Kier molecular flexibility index (Phi) is 8.23. The van der Waals surface area contributed by atoms with Gasteiger partial charge in [-0.1, -0.05) is 23.7 Å². The molecule has 0 aliphatic carbocycles. The van der Waals surface area contributed by atoms with Gasteiger partial charge in [0.05, 0.1) is 18.2 Å². The number of para-hydroxylation sites is 1. The van der Waals surface area contributed by atoms with Gasteiger partial charge < -0.3 is 13.7 Å². The molecule has 182 valence electrons. The summed E-state index contributed by atoms with van der Waals surface area (Å²) in [6.07, 6.45) is 1.24. The SMILES string of the molecule is COc1ccc(/C=N\NC(=O)COc2ccc(Cl)cc2)cc1OS(=O)(=O)c1ccccc1[N+](=O)[O-].